The van der Waals surface area contributed by atoms with Crippen molar-refractivity contribution >= 4 is 17.3 Å². The zero-order chi connectivity index (χ0) is 11.6. The highest BCUT2D eigenvalue weighted by molar-refractivity contribution is 5.77. The van der Waals surface area contributed by atoms with Gasteiger partial charge in [0.1, 0.15) is 5.69 Å². The van der Waals surface area contributed by atoms with Crippen LogP contribution in [0.25, 0.3) is 0 Å². The van der Waals surface area contributed by atoms with Crippen LogP contribution in [-0.2, 0) is 0 Å². The first-order chi connectivity index (χ1) is 6.95. The summed E-state index contributed by atoms with van der Waals surface area (Å²) in [4.78, 5) is 5.85. The van der Waals surface area contributed by atoms with E-state index < -0.39 is 0 Å². The maximum absolute atomic E-state index is 4.04. The SMILES string of the molecule is CN(C)c1nnnc(N(C)C)c1N(C)C. The minimum atomic E-state index is 0.818. The summed E-state index contributed by atoms with van der Waals surface area (Å²) < 4.78 is 0. The van der Waals surface area contributed by atoms with Crippen LogP contribution in [-0.4, -0.2) is 57.7 Å². The van der Waals surface area contributed by atoms with E-state index in [-0.39, 0.29) is 0 Å². The zero-order valence-electron chi connectivity index (χ0n) is 10.2. The van der Waals surface area contributed by atoms with Crippen molar-refractivity contribution in [3.05, 3.63) is 0 Å². The van der Waals surface area contributed by atoms with Crippen LogP contribution in [0.3, 0.4) is 0 Å². The lowest BCUT2D eigenvalue weighted by Gasteiger charge is -2.24. The molecule has 6 nitrogen and oxygen atoms in total. The maximum Gasteiger partial charge on any atom is 0.180 e. The van der Waals surface area contributed by atoms with Crippen molar-refractivity contribution in [1.82, 2.24) is 15.4 Å². The van der Waals surface area contributed by atoms with Crippen LogP contribution in [0.1, 0.15) is 0 Å². The van der Waals surface area contributed by atoms with Crippen LogP contribution < -0.4 is 14.7 Å². The molecule has 0 bridgehead atoms. The third kappa shape index (κ3) is 2.26. The molecule has 0 amide bonds. The van der Waals surface area contributed by atoms with Crippen molar-refractivity contribution in [1.29, 1.82) is 0 Å². The fourth-order valence-electron chi connectivity index (χ4n) is 1.30. The topological polar surface area (TPSA) is 48.4 Å². The first kappa shape index (κ1) is 11.5. The van der Waals surface area contributed by atoms with Crippen LogP contribution in [0, 0.1) is 0 Å². The van der Waals surface area contributed by atoms with Crippen molar-refractivity contribution in [3.63, 3.8) is 0 Å². The number of aromatic nitrogens is 3. The van der Waals surface area contributed by atoms with Gasteiger partial charge in [-0.1, -0.05) is 0 Å². The molecule has 0 aliphatic rings. The molecule has 0 atom stereocenters. The van der Waals surface area contributed by atoms with E-state index in [1.807, 2.05) is 57.0 Å². The molecule has 0 aliphatic heterocycles. The molecule has 1 heterocycles. The summed E-state index contributed by atoms with van der Waals surface area (Å²) in [6.45, 7) is 0. The van der Waals surface area contributed by atoms with E-state index in [0.717, 1.165) is 17.3 Å². The fourth-order valence-corrected chi connectivity index (χ4v) is 1.30. The average molecular weight is 210 g/mol. The number of anilines is 3. The molecule has 0 N–H and O–H groups in total. The third-order valence-corrected chi connectivity index (χ3v) is 2.00. The van der Waals surface area contributed by atoms with Crippen molar-refractivity contribution in [2.45, 2.75) is 0 Å². The van der Waals surface area contributed by atoms with Crippen molar-refractivity contribution in [2.75, 3.05) is 57.0 Å². The Hall–Kier alpha value is -1.59. The molecule has 0 aromatic carbocycles. The zero-order valence-corrected chi connectivity index (χ0v) is 10.2. The first-order valence-corrected chi connectivity index (χ1v) is 4.70. The van der Waals surface area contributed by atoms with E-state index in [0.29, 0.717) is 0 Å². The van der Waals surface area contributed by atoms with Gasteiger partial charge in [0.05, 0.1) is 0 Å². The summed E-state index contributed by atoms with van der Waals surface area (Å²) in [7, 11) is 11.7. The van der Waals surface area contributed by atoms with E-state index in [1.54, 1.807) is 0 Å². The molecular weight excluding hydrogens is 192 g/mol. The van der Waals surface area contributed by atoms with Gasteiger partial charge in [-0.25, -0.2) is 0 Å². The molecule has 0 saturated carbocycles. The number of nitrogens with zero attached hydrogens (tertiary/aromatic N) is 6. The molecule has 0 saturated heterocycles. The second kappa shape index (κ2) is 4.29. The Morgan fingerprint density at radius 3 is 1.33 bits per heavy atom. The highest BCUT2D eigenvalue weighted by Crippen LogP contribution is 2.31. The largest absolute Gasteiger partial charge is 0.372 e. The summed E-state index contributed by atoms with van der Waals surface area (Å²) in [5.41, 5.74) is 0.972. The van der Waals surface area contributed by atoms with Gasteiger partial charge in [0.25, 0.3) is 0 Å². The Balaban J connectivity index is 3.35. The van der Waals surface area contributed by atoms with Gasteiger partial charge in [-0.15, -0.1) is 10.2 Å². The summed E-state index contributed by atoms with van der Waals surface area (Å²) in [6, 6.07) is 0. The third-order valence-electron chi connectivity index (χ3n) is 2.00. The minimum Gasteiger partial charge on any atom is -0.372 e. The molecule has 0 fully saturated rings. The van der Waals surface area contributed by atoms with E-state index in [9.17, 15) is 0 Å². The monoisotopic (exact) mass is 210 g/mol. The molecular formula is C9H18N6. The number of hydrogen-bond donors (Lipinski definition) is 0. The lowest BCUT2D eigenvalue weighted by atomic mass is 10.3. The van der Waals surface area contributed by atoms with Gasteiger partial charge in [0.15, 0.2) is 11.6 Å². The van der Waals surface area contributed by atoms with Gasteiger partial charge in [0, 0.05) is 42.3 Å². The summed E-state index contributed by atoms with van der Waals surface area (Å²) in [5, 5.41) is 11.8. The van der Waals surface area contributed by atoms with Gasteiger partial charge in [0.2, 0.25) is 0 Å². The van der Waals surface area contributed by atoms with E-state index >= 15 is 0 Å². The average Bonchev–Trinajstić information content (AvgIpc) is 2.16. The minimum absolute atomic E-state index is 0.818. The van der Waals surface area contributed by atoms with Gasteiger partial charge < -0.3 is 14.7 Å². The predicted octanol–water partition coefficient (Wildman–Crippen LogP) is 0.0696. The van der Waals surface area contributed by atoms with Crippen molar-refractivity contribution in [2.24, 2.45) is 0 Å². The molecule has 1 aromatic rings. The van der Waals surface area contributed by atoms with Crippen LogP contribution in [0.4, 0.5) is 17.3 Å². The maximum atomic E-state index is 4.04. The molecule has 6 heteroatoms. The molecule has 0 aliphatic carbocycles. The van der Waals surface area contributed by atoms with Gasteiger partial charge in [-0.05, 0) is 5.21 Å². The molecule has 1 aromatic heterocycles. The Labute approximate surface area is 90.5 Å². The molecule has 0 spiro atoms. The number of hydrogen-bond acceptors (Lipinski definition) is 6. The summed E-state index contributed by atoms with van der Waals surface area (Å²) in [5.74, 6) is 1.64. The fraction of sp³-hybridized carbons (Fsp3) is 0.667. The normalized spacial score (nSPS) is 10.0. The summed E-state index contributed by atoms with van der Waals surface area (Å²) >= 11 is 0. The smallest absolute Gasteiger partial charge is 0.180 e. The Bertz CT molecular complexity index is 307. The molecule has 0 radical (unpaired) electrons. The highest BCUT2D eigenvalue weighted by atomic mass is 15.4. The lowest BCUT2D eigenvalue weighted by Crippen LogP contribution is -2.24. The van der Waals surface area contributed by atoms with E-state index in [2.05, 4.69) is 15.4 Å². The van der Waals surface area contributed by atoms with E-state index in [1.165, 1.54) is 0 Å². The predicted molar refractivity (Wildman–Crippen MR) is 62.8 cm³/mol. The Morgan fingerprint density at radius 1 is 0.667 bits per heavy atom. The molecule has 0 unspecified atom stereocenters. The second-order valence-electron chi connectivity index (χ2n) is 3.97. The lowest BCUT2D eigenvalue weighted by molar-refractivity contribution is 0.822. The number of rotatable bonds is 3. The first-order valence-electron chi connectivity index (χ1n) is 4.70. The van der Waals surface area contributed by atoms with Gasteiger partial charge in [-0.2, -0.15) is 0 Å². The van der Waals surface area contributed by atoms with Gasteiger partial charge in [-0.3, -0.25) is 0 Å². The quantitative estimate of drug-likeness (QED) is 0.703. The van der Waals surface area contributed by atoms with Crippen LogP contribution in [0.5, 0.6) is 0 Å². The second-order valence-corrected chi connectivity index (χ2v) is 3.97. The molecule has 15 heavy (non-hydrogen) atoms. The molecule has 84 valence electrons. The Kier molecular flexibility index (Phi) is 3.28. The van der Waals surface area contributed by atoms with Crippen LogP contribution in [0.15, 0.2) is 0 Å². The molecule has 1 rings (SSSR count). The van der Waals surface area contributed by atoms with E-state index in [4.69, 9.17) is 0 Å². The summed E-state index contributed by atoms with van der Waals surface area (Å²) in [6.07, 6.45) is 0. The van der Waals surface area contributed by atoms with Crippen LogP contribution in [0.2, 0.25) is 0 Å². The van der Waals surface area contributed by atoms with Crippen LogP contribution >= 0.6 is 0 Å². The van der Waals surface area contributed by atoms with Crippen molar-refractivity contribution in [3.8, 4) is 0 Å². The highest BCUT2D eigenvalue weighted by Gasteiger charge is 2.17. The van der Waals surface area contributed by atoms with Gasteiger partial charge >= 0.3 is 0 Å². The standard InChI is InChI=1S/C9H18N6/c1-13(2)7-8(14(3)4)10-12-11-9(7)15(5)6/h1-6H3. The van der Waals surface area contributed by atoms with Crippen molar-refractivity contribution < 1.29 is 0 Å². The Morgan fingerprint density at radius 2 is 1.07 bits per heavy atom.